The highest BCUT2D eigenvalue weighted by Gasteiger charge is 2.28. The molecule has 2 rings (SSSR count). The van der Waals surface area contributed by atoms with E-state index < -0.39 is 0 Å². The molecule has 110 valence electrons. The number of hydrogen-bond donors (Lipinski definition) is 1. The van der Waals surface area contributed by atoms with Crippen molar-refractivity contribution in [1.82, 2.24) is 10.1 Å². The summed E-state index contributed by atoms with van der Waals surface area (Å²) < 4.78 is 4.91. The van der Waals surface area contributed by atoms with E-state index in [9.17, 15) is 9.59 Å². The van der Waals surface area contributed by atoms with Crippen LogP contribution in [0.1, 0.15) is 32.4 Å². The Morgan fingerprint density at radius 2 is 2.05 bits per heavy atom. The Labute approximate surface area is 118 Å². The monoisotopic (exact) mass is 279 g/mol. The largest absolute Gasteiger partial charge is 0.360 e. The summed E-state index contributed by atoms with van der Waals surface area (Å²) in [5.74, 6) is 1.18. The zero-order valence-electron chi connectivity index (χ0n) is 12.2. The lowest BCUT2D eigenvalue weighted by molar-refractivity contribution is -0.137. The van der Waals surface area contributed by atoms with E-state index in [0.717, 1.165) is 0 Å². The summed E-state index contributed by atoms with van der Waals surface area (Å²) in [5, 5.41) is 6.50. The van der Waals surface area contributed by atoms with E-state index in [4.69, 9.17) is 4.52 Å². The van der Waals surface area contributed by atoms with Crippen molar-refractivity contribution in [1.29, 1.82) is 0 Å². The van der Waals surface area contributed by atoms with E-state index in [1.807, 2.05) is 18.7 Å². The fraction of sp³-hybridized carbons (Fsp3) is 0.643. The molecule has 0 bridgehead atoms. The minimum absolute atomic E-state index is 0.0125. The number of nitrogens with zero attached hydrogens (tertiary/aromatic N) is 2. The first-order chi connectivity index (χ1) is 9.47. The smallest absolute Gasteiger partial charge is 0.228 e. The normalized spacial score (nSPS) is 16.5. The Morgan fingerprint density at radius 3 is 2.55 bits per heavy atom. The van der Waals surface area contributed by atoms with Crippen LogP contribution in [0.5, 0.6) is 0 Å². The van der Waals surface area contributed by atoms with E-state index in [2.05, 4.69) is 10.5 Å². The van der Waals surface area contributed by atoms with Gasteiger partial charge in [0, 0.05) is 31.0 Å². The maximum atomic E-state index is 12.1. The van der Waals surface area contributed by atoms with Crippen LogP contribution in [0.2, 0.25) is 0 Å². The van der Waals surface area contributed by atoms with Gasteiger partial charge in [-0.3, -0.25) is 9.59 Å². The van der Waals surface area contributed by atoms with Gasteiger partial charge in [-0.15, -0.1) is 0 Å². The molecule has 0 radical (unpaired) electrons. The lowest BCUT2D eigenvalue weighted by atomic mass is 9.95. The van der Waals surface area contributed by atoms with Crippen LogP contribution in [0.3, 0.4) is 0 Å². The second kappa shape index (κ2) is 6.07. The number of nitrogens with one attached hydrogen (secondary N) is 1. The number of carbonyl (C=O) groups excluding carboxylic acids is 2. The van der Waals surface area contributed by atoms with E-state index in [1.165, 1.54) is 0 Å². The third kappa shape index (κ3) is 3.37. The number of anilines is 1. The van der Waals surface area contributed by atoms with Crippen LogP contribution in [0.4, 0.5) is 5.82 Å². The van der Waals surface area contributed by atoms with Crippen molar-refractivity contribution in [2.45, 2.75) is 33.6 Å². The number of piperidine rings is 1. The maximum absolute atomic E-state index is 12.1. The molecule has 0 spiro atoms. The molecule has 2 heterocycles. The quantitative estimate of drug-likeness (QED) is 0.915. The molecule has 20 heavy (non-hydrogen) atoms. The van der Waals surface area contributed by atoms with Gasteiger partial charge in [0.15, 0.2) is 5.82 Å². The molecule has 1 aliphatic heterocycles. The minimum Gasteiger partial charge on any atom is -0.360 e. The average Bonchev–Trinajstić information content (AvgIpc) is 2.83. The number of carbonyl (C=O) groups is 2. The van der Waals surface area contributed by atoms with Crippen molar-refractivity contribution in [2.75, 3.05) is 18.4 Å². The molecule has 2 amide bonds. The van der Waals surface area contributed by atoms with E-state index >= 15 is 0 Å². The number of aromatic nitrogens is 1. The van der Waals surface area contributed by atoms with Gasteiger partial charge in [-0.2, -0.15) is 0 Å². The van der Waals surface area contributed by atoms with E-state index in [-0.39, 0.29) is 23.7 Å². The molecular formula is C14H21N3O3. The van der Waals surface area contributed by atoms with Gasteiger partial charge in [0.05, 0.1) is 0 Å². The molecule has 0 atom stereocenters. The third-order valence-electron chi connectivity index (χ3n) is 3.55. The van der Waals surface area contributed by atoms with Gasteiger partial charge in [0.1, 0.15) is 5.76 Å². The topological polar surface area (TPSA) is 75.4 Å². The van der Waals surface area contributed by atoms with Crippen molar-refractivity contribution in [3.63, 3.8) is 0 Å². The highest BCUT2D eigenvalue weighted by Crippen LogP contribution is 2.20. The standard InChI is InChI=1S/C14H21N3O3/c1-9(2)14(19)17-6-4-11(5-7-17)13(18)15-12-8-10(3)20-16-12/h8-9,11H,4-7H2,1-3H3,(H,15,16,18). The second-order valence-corrected chi connectivity index (χ2v) is 5.57. The molecule has 0 unspecified atom stereocenters. The molecular weight excluding hydrogens is 258 g/mol. The fourth-order valence-corrected chi connectivity index (χ4v) is 2.38. The highest BCUT2D eigenvalue weighted by molar-refractivity contribution is 5.91. The number of likely N-dealkylation sites (tertiary alicyclic amines) is 1. The van der Waals surface area contributed by atoms with Crippen LogP contribution >= 0.6 is 0 Å². The van der Waals surface area contributed by atoms with Crippen molar-refractivity contribution in [3.05, 3.63) is 11.8 Å². The van der Waals surface area contributed by atoms with Crippen molar-refractivity contribution >= 4 is 17.6 Å². The molecule has 1 N–H and O–H groups in total. The lowest BCUT2D eigenvalue weighted by Gasteiger charge is -2.32. The van der Waals surface area contributed by atoms with Gasteiger partial charge in [-0.05, 0) is 19.8 Å². The van der Waals surface area contributed by atoms with Gasteiger partial charge in [-0.25, -0.2) is 0 Å². The SMILES string of the molecule is Cc1cc(NC(=O)C2CCN(C(=O)C(C)C)CC2)no1. The second-order valence-electron chi connectivity index (χ2n) is 5.57. The molecule has 1 aliphatic rings. The average molecular weight is 279 g/mol. The molecule has 1 aromatic rings. The molecule has 6 nitrogen and oxygen atoms in total. The van der Waals surface area contributed by atoms with E-state index in [1.54, 1.807) is 13.0 Å². The van der Waals surface area contributed by atoms with Crippen LogP contribution < -0.4 is 5.32 Å². The first kappa shape index (κ1) is 14.6. The van der Waals surface area contributed by atoms with Crippen molar-refractivity contribution < 1.29 is 14.1 Å². The van der Waals surface area contributed by atoms with Gasteiger partial charge in [0.2, 0.25) is 11.8 Å². The van der Waals surface area contributed by atoms with Gasteiger partial charge >= 0.3 is 0 Å². The lowest BCUT2D eigenvalue weighted by Crippen LogP contribution is -2.43. The Bertz CT molecular complexity index is 488. The zero-order valence-corrected chi connectivity index (χ0v) is 12.2. The third-order valence-corrected chi connectivity index (χ3v) is 3.55. The predicted octanol–water partition coefficient (Wildman–Crippen LogP) is 1.82. The van der Waals surface area contributed by atoms with Crippen LogP contribution in [0, 0.1) is 18.8 Å². The minimum atomic E-state index is -0.0665. The number of aryl methyl sites for hydroxylation is 1. The van der Waals surface area contributed by atoms with Gasteiger partial charge in [-0.1, -0.05) is 19.0 Å². The molecule has 0 aliphatic carbocycles. The molecule has 0 aromatic carbocycles. The zero-order chi connectivity index (χ0) is 14.7. The Balaban J connectivity index is 1.84. The summed E-state index contributed by atoms with van der Waals surface area (Å²) in [5.41, 5.74) is 0. The summed E-state index contributed by atoms with van der Waals surface area (Å²) in [6.45, 7) is 6.86. The molecule has 1 saturated heterocycles. The van der Waals surface area contributed by atoms with Crippen LogP contribution in [-0.2, 0) is 9.59 Å². The molecule has 1 fully saturated rings. The Morgan fingerprint density at radius 1 is 1.40 bits per heavy atom. The summed E-state index contributed by atoms with van der Waals surface area (Å²) >= 11 is 0. The highest BCUT2D eigenvalue weighted by atomic mass is 16.5. The molecule has 0 saturated carbocycles. The van der Waals surface area contributed by atoms with Crippen LogP contribution in [-0.4, -0.2) is 35.0 Å². The Kier molecular flexibility index (Phi) is 4.42. The summed E-state index contributed by atoms with van der Waals surface area (Å²) in [6, 6.07) is 1.69. The first-order valence-corrected chi connectivity index (χ1v) is 7.00. The summed E-state index contributed by atoms with van der Waals surface area (Å²) in [6.07, 6.45) is 1.39. The van der Waals surface area contributed by atoms with Gasteiger partial charge < -0.3 is 14.7 Å². The predicted molar refractivity (Wildman–Crippen MR) is 74.0 cm³/mol. The molecule has 6 heteroatoms. The molecule has 1 aromatic heterocycles. The van der Waals surface area contributed by atoms with Gasteiger partial charge in [0.25, 0.3) is 0 Å². The maximum Gasteiger partial charge on any atom is 0.228 e. The number of hydrogen-bond acceptors (Lipinski definition) is 4. The first-order valence-electron chi connectivity index (χ1n) is 7.00. The Hall–Kier alpha value is -1.85. The fourth-order valence-electron chi connectivity index (χ4n) is 2.38. The van der Waals surface area contributed by atoms with Crippen LogP contribution in [0.15, 0.2) is 10.6 Å². The van der Waals surface area contributed by atoms with Crippen LogP contribution in [0.25, 0.3) is 0 Å². The summed E-state index contributed by atoms with van der Waals surface area (Å²) in [7, 11) is 0. The van der Waals surface area contributed by atoms with Crippen molar-refractivity contribution in [2.24, 2.45) is 11.8 Å². The van der Waals surface area contributed by atoms with E-state index in [0.29, 0.717) is 37.5 Å². The number of rotatable bonds is 3. The van der Waals surface area contributed by atoms with Crippen molar-refractivity contribution in [3.8, 4) is 0 Å². The summed E-state index contributed by atoms with van der Waals surface area (Å²) in [4.78, 5) is 25.8. The number of amides is 2.